The Morgan fingerprint density at radius 3 is 2.60 bits per heavy atom. The van der Waals surface area contributed by atoms with Crippen molar-refractivity contribution in [3.8, 4) is 6.07 Å². The predicted molar refractivity (Wildman–Crippen MR) is 72.1 cm³/mol. The summed E-state index contributed by atoms with van der Waals surface area (Å²) in [4.78, 5) is 10.7. The maximum absolute atomic E-state index is 10.7. The molecule has 5 nitrogen and oxygen atoms in total. The van der Waals surface area contributed by atoms with E-state index < -0.39 is 5.97 Å². The zero-order chi connectivity index (χ0) is 14.5. The molecule has 0 saturated carbocycles. The van der Waals surface area contributed by atoms with Crippen LogP contribution in [0.4, 0.5) is 0 Å². The minimum Gasteiger partial charge on any atom is -0.475 e. The molecule has 0 saturated heterocycles. The van der Waals surface area contributed by atoms with E-state index in [1.807, 2.05) is 19.1 Å². The number of benzene rings is 1. The van der Waals surface area contributed by atoms with Crippen molar-refractivity contribution in [3.05, 3.63) is 59.0 Å². The highest BCUT2D eigenvalue weighted by Gasteiger charge is 2.13. The van der Waals surface area contributed by atoms with Crippen molar-refractivity contribution in [1.29, 1.82) is 5.26 Å². The standard InChI is InChI=1S/C15H14N2O3/c1-10(13-6-7-14(20-13)15(18)19)17-9-12-4-2-11(8-16)3-5-12/h2-7,10,17H,9H2,1H3,(H,18,19). The Hall–Kier alpha value is -2.58. The predicted octanol–water partition coefficient (Wildman–Crippen LogP) is 2.70. The van der Waals surface area contributed by atoms with Gasteiger partial charge < -0.3 is 14.8 Å². The summed E-state index contributed by atoms with van der Waals surface area (Å²) in [6.07, 6.45) is 0. The van der Waals surface area contributed by atoms with Crippen molar-refractivity contribution in [3.63, 3.8) is 0 Å². The van der Waals surface area contributed by atoms with E-state index in [9.17, 15) is 4.79 Å². The number of furan rings is 1. The normalized spacial score (nSPS) is 11.8. The Bertz CT molecular complexity index is 638. The molecule has 2 rings (SSSR count). The third-order valence-electron chi connectivity index (χ3n) is 2.96. The molecule has 0 amide bonds. The van der Waals surface area contributed by atoms with Crippen LogP contribution in [-0.2, 0) is 6.54 Å². The van der Waals surface area contributed by atoms with Crippen LogP contribution in [-0.4, -0.2) is 11.1 Å². The lowest BCUT2D eigenvalue weighted by Crippen LogP contribution is -2.17. The summed E-state index contributed by atoms with van der Waals surface area (Å²) in [5, 5.41) is 20.7. The summed E-state index contributed by atoms with van der Waals surface area (Å²) in [6, 6.07) is 12.3. The molecule has 0 aliphatic carbocycles. The molecule has 102 valence electrons. The maximum Gasteiger partial charge on any atom is 0.371 e. The van der Waals surface area contributed by atoms with Gasteiger partial charge in [-0.05, 0) is 36.8 Å². The average Bonchev–Trinajstić information content (AvgIpc) is 2.95. The lowest BCUT2D eigenvalue weighted by atomic mass is 10.1. The van der Waals surface area contributed by atoms with Gasteiger partial charge in [-0.2, -0.15) is 5.26 Å². The van der Waals surface area contributed by atoms with Gasteiger partial charge in [0.25, 0.3) is 0 Å². The van der Waals surface area contributed by atoms with Crippen molar-refractivity contribution >= 4 is 5.97 Å². The molecule has 0 aliphatic rings. The second-order valence-corrected chi connectivity index (χ2v) is 4.42. The van der Waals surface area contributed by atoms with Crippen LogP contribution >= 0.6 is 0 Å². The van der Waals surface area contributed by atoms with E-state index in [1.165, 1.54) is 6.07 Å². The van der Waals surface area contributed by atoms with Crippen LogP contribution in [0.15, 0.2) is 40.8 Å². The molecule has 1 unspecified atom stereocenters. The first-order valence-corrected chi connectivity index (χ1v) is 6.15. The Morgan fingerprint density at radius 2 is 2.05 bits per heavy atom. The quantitative estimate of drug-likeness (QED) is 0.872. The molecule has 5 heteroatoms. The summed E-state index contributed by atoms with van der Waals surface area (Å²) in [5.74, 6) is -0.557. The van der Waals surface area contributed by atoms with Crippen LogP contribution in [0.25, 0.3) is 0 Å². The van der Waals surface area contributed by atoms with Crippen molar-refractivity contribution in [1.82, 2.24) is 5.32 Å². The lowest BCUT2D eigenvalue weighted by Gasteiger charge is -2.11. The van der Waals surface area contributed by atoms with E-state index in [-0.39, 0.29) is 11.8 Å². The summed E-state index contributed by atoms with van der Waals surface area (Å²) < 4.78 is 5.23. The molecule has 0 spiro atoms. The number of hydrogen-bond donors (Lipinski definition) is 2. The Labute approximate surface area is 116 Å². The SMILES string of the molecule is CC(NCc1ccc(C#N)cc1)c1ccc(C(=O)O)o1. The molecule has 0 bridgehead atoms. The van der Waals surface area contributed by atoms with Gasteiger partial charge in [0.15, 0.2) is 0 Å². The van der Waals surface area contributed by atoms with Crippen molar-refractivity contribution in [2.75, 3.05) is 0 Å². The Balaban J connectivity index is 1.95. The van der Waals surface area contributed by atoms with Crippen molar-refractivity contribution in [2.45, 2.75) is 19.5 Å². The van der Waals surface area contributed by atoms with Crippen LogP contribution in [0.5, 0.6) is 0 Å². The molecule has 0 fully saturated rings. The summed E-state index contributed by atoms with van der Waals surface area (Å²) >= 11 is 0. The van der Waals surface area contributed by atoms with Gasteiger partial charge in [0, 0.05) is 6.54 Å². The van der Waals surface area contributed by atoms with Gasteiger partial charge in [0.2, 0.25) is 5.76 Å². The van der Waals surface area contributed by atoms with E-state index in [2.05, 4.69) is 11.4 Å². The minimum atomic E-state index is -1.07. The van der Waals surface area contributed by atoms with Gasteiger partial charge in [0.1, 0.15) is 5.76 Å². The van der Waals surface area contributed by atoms with Crippen molar-refractivity contribution in [2.24, 2.45) is 0 Å². The number of nitrogens with zero attached hydrogens (tertiary/aromatic N) is 1. The first-order chi connectivity index (χ1) is 9.60. The molecule has 20 heavy (non-hydrogen) atoms. The van der Waals surface area contributed by atoms with E-state index in [0.717, 1.165) is 5.56 Å². The Kier molecular flexibility index (Phi) is 4.18. The summed E-state index contributed by atoms with van der Waals surface area (Å²) in [7, 11) is 0. The van der Waals surface area contributed by atoms with Gasteiger partial charge in [-0.1, -0.05) is 12.1 Å². The van der Waals surface area contributed by atoms with Crippen molar-refractivity contribution < 1.29 is 14.3 Å². The number of carboxylic acids is 1. The molecule has 0 radical (unpaired) electrons. The van der Waals surface area contributed by atoms with Gasteiger partial charge in [-0.3, -0.25) is 0 Å². The van der Waals surface area contributed by atoms with Gasteiger partial charge in [0.05, 0.1) is 17.7 Å². The molecule has 1 aromatic carbocycles. The topological polar surface area (TPSA) is 86.3 Å². The number of nitriles is 1. The molecule has 0 aliphatic heterocycles. The molecule has 1 atom stereocenters. The number of hydrogen-bond acceptors (Lipinski definition) is 4. The van der Waals surface area contributed by atoms with Gasteiger partial charge >= 0.3 is 5.97 Å². The summed E-state index contributed by atoms with van der Waals surface area (Å²) in [6.45, 7) is 2.50. The molecule has 2 N–H and O–H groups in total. The fraction of sp³-hybridized carbons (Fsp3) is 0.200. The average molecular weight is 270 g/mol. The number of carbonyl (C=O) groups is 1. The van der Waals surface area contributed by atoms with Gasteiger partial charge in [-0.15, -0.1) is 0 Å². The van der Waals surface area contributed by atoms with Crippen LogP contribution in [0.1, 0.15) is 40.4 Å². The number of carboxylic acid groups (broad SMARTS) is 1. The molecule has 1 heterocycles. The number of nitrogens with one attached hydrogen (secondary N) is 1. The monoisotopic (exact) mass is 270 g/mol. The minimum absolute atomic E-state index is 0.0629. The fourth-order valence-electron chi connectivity index (χ4n) is 1.77. The number of aromatic carboxylic acids is 1. The first kappa shape index (κ1) is 13.8. The van der Waals surface area contributed by atoms with E-state index in [1.54, 1.807) is 18.2 Å². The first-order valence-electron chi connectivity index (χ1n) is 6.15. The Morgan fingerprint density at radius 1 is 1.35 bits per heavy atom. The molecule has 2 aromatic rings. The van der Waals surface area contributed by atoms with E-state index >= 15 is 0 Å². The van der Waals surface area contributed by atoms with E-state index in [4.69, 9.17) is 14.8 Å². The smallest absolute Gasteiger partial charge is 0.371 e. The van der Waals surface area contributed by atoms with Crippen LogP contribution in [0.3, 0.4) is 0 Å². The number of rotatable bonds is 5. The summed E-state index contributed by atoms with van der Waals surface area (Å²) in [5.41, 5.74) is 1.67. The zero-order valence-electron chi connectivity index (χ0n) is 11.0. The molecular formula is C15H14N2O3. The highest BCUT2D eigenvalue weighted by molar-refractivity contribution is 5.84. The highest BCUT2D eigenvalue weighted by atomic mass is 16.4. The maximum atomic E-state index is 10.7. The third-order valence-corrected chi connectivity index (χ3v) is 2.96. The molecule has 1 aromatic heterocycles. The highest BCUT2D eigenvalue weighted by Crippen LogP contribution is 2.17. The van der Waals surface area contributed by atoms with Gasteiger partial charge in [-0.25, -0.2) is 4.79 Å². The third kappa shape index (κ3) is 3.25. The van der Waals surface area contributed by atoms with Crippen LogP contribution in [0, 0.1) is 11.3 Å². The second-order valence-electron chi connectivity index (χ2n) is 4.42. The molecular weight excluding hydrogens is 256 g/mol. The largest absolute Gasteiger partial charge is 0.475 e. The van der Waals surface area contributed by atoms with Crippen LogP contribution in [0.2, 0.25) is 0 Å². The van der Waals surface area contributed by atoms with Crippen LogP contribution < -0.4 is 5.32 Å². The lowest BCUT2D eigenvalue weighted by molar-refractivity contribution is 0.0659. The zero-order valence-corrected chi connectivity index (χ0v) is 11.0. The fourth-order valence-corrected chi connectivity index (χ4v) is 1.77. The second kappa shape index (κ2) is 6.04. The van der Waals surface area contributed by atoms with E-state index in [0.29, 0.717) is 17.9 Å².